The van der Waals surface area contributed by atoms with Crippen molar-refractivity contribution >= 4 is 17.5 Å². The summed E-state index contributed by atoms with van der Waals surface area (Å²) < 4.78 is 2.25. The Bertz CT molecular complexity index is 681. The number of nitrogens with two attached hydrogens (primary N) is 1. The van der Waals surface area contributed by atoms with Gasteiger partial charge in [-0.3, -0.25) is 4.79 Å². The number of hydrogen-bond acceptors (Lipinski definition) is 1. The van der Waals surface area contributed by atoms with Crippen LogP contribution < -0.4 is 5.73 Å². The maximum Gasteiger partial charge on any atom is 0.251 e. The van der Waals surface area contributed by atoms with Crippen LogP contribution in [0.15, 0.2) is 24.3 Å². The molecular formula is C16H17ClN2O. The van der Waals surface area contributed by atoms with E-state index in [9.17, 15) is 4.79 Å². The zero-order chi connectivity index (χ0) is 14.4. The van der Waals surface area contributed by atoms with Gasteiger partial charge >= 0.3 is 0 Å². The summed E-state index contributed by atoms with van der Waals surface area (Å²) in [5.74, 6) is -0.366. The average molecular weight is 289 g/mol. The first-order valence-electron chi connectivity index (χ1n) is 6.78. The standard InChI is InChI=1S/C16H17ClN2O/c1-9-14(11-3-5-12(17)6-4-11)15(16(18)20)10(2)19(9)13-7-8-13/h3-6,13H,7-8H2,1-2H3,(H2,18,20). The molecule has 0 unspecified atom stereocenters. The lowest BCUT2D eigenvalue weighted by molar-refractivity contribution is 0.1000. The normalized spacial score (nSPS) is 14.6. The summed E-state index contributed by atoms with van der Waals surface area (Å²) in [6.45, 7) is 4.03. The molecule has 0 aliphatic heterocycles. The molecule has 0 bridgehead atoms. The maximum atomic E-state index is 11.9. The van der Waals surface area contributed by atoms with Crippen molar-refractivity contribution in [3.8, 4) is 11.1 Å². The highest BCUT2D eigenvalue weighted by atomic mass is 35.5. The molecular weight excluding hydrogens is 272 g/mol. The number of benzene rings is 1. The molecule has 1 saturated carbocycles. The number of aromatic nitrogens is 1. The Labute approximate surface area is 123 Å². The summed E-state index contributed by atoms with van der Waals surface area (Å²) in [4.78, 5) is 11.9. The number of rotatable bonds is 3. The lowest BCUT2D eigenvalue weighted by atomic mass is 10.0. The van der Waals surface area contributed by atoms with Gasteiger partial charge in [0.25, 0.3) is 5.91 Å². The molecule has 2 N–H and O–H groups in total. The minimum Gasteiger partial charge on any atom is -0.366 e. The fraction of sp³-hybridized carbons (Fsp3) is 0.312. The van der Waals surface area contributed by atoms with E-state index < -0.39 is 0 Å². The van der Waals surface area contributed by atoms with Gasteiger partial charge in [-0.05, 0) is 44.4 Å². The molecule has 4 heteroatoms. The van der Waals surface area contributed by atoms with E-state index >= 15 is 0 Å². The first-order valence-corrected chi connectivity index (χ1v) is 7.15. The van der Waals surface area contributed by atoms with Gasteiger partial charge in [0.15, 0.2) is 0 Å². The van der Waals surface area contributed by atoms with Gasteiger partial charge in [-0.25, -0.2) is 0 Å². The lowest BCUT2D eigenvalue weighted by Crippen LogP contribution is -2.13. The van der Waals surface area contributed by atoms with Crippen molar-refractivity contribution in [1.82, 2.24) is 4.57 Å². The fourth-order valence-electron chi connectivity index (χ4n) is 3.01. The highest BCUT2D eigenvalue weighted by Gasteiger charge is 2.31. The Kier molecular flexibility index (Phi) is 3.09. The topological polar surface area (TPSA) is 48.0 Å². The minimum atomic E-state index is -0.366. The molecule has 1 aliphatic carbocycles. The van der Waals surface area contributed by atoms with E-state index in [2.05, 4.69) is 11.5 Å². The van der Waals surface area contributed by atoms with Crippen molar-refractivity contribution < 1.29 is 4.79 Å². The number of carbonyl (C=O) groups excluding carboxylic acids is 1. The Morgan fingerprint density at radius 2 is 1.80 bits per heavy atom. The van der Waals surface area contributed by atoms with E-state index in [1.54, 1.807) is 0 Å². The molecule has 1 fully saturated rings. The van der Waals surface area contributed by atoms with Gasteiger partial charge in [0, 0.05) is 28.0 Å². The van der Waals surface area contributed by atoms with Crippen molar-refractivity contribution in [3.63, 3.8) is 0 Å². The number of carbonyl (C=O) groups is 1. The Hall–Kier alpha value is -1.74. The minimum absolute atomic E-state index is 0.366. The maximum absolute atomic E-state index is 11.9. The van der Waals surface area contributed by atoms with E-state index in [0.717, 1.165) is 22.5 Å². The van der Waals surface area contributed by atoms with Crippen LogP contribution in [0.25, 0.3) is 11.1 Å². The molecule has 104 valence electrons. The zero-order valence-corrected chi connectivity index (χ0v) is 12.4. The molecule has 1 amide bonds. The van der Waals surface area contributed by atoms with Crippen LogP contribution in [0.2, 0.25) is 5.02 Å². The van der Waals surface area contributed by atoms with Gasteiger partial charge in [0.05, 0.1) is 5.56 Å². The van der Waals surface area contributed by atoms with E-state index in [1.807, 2.05) is 31.2 Å². The van der Waals surface area contributed by atoms with E-state index in [1.165, 1.54) is 12.8 Å². The number of hydrogen-bond donors (Lipinski definition) is 1. The monoisotopic (exact) mass is 288 g/mol. The second-order valence-corrected chi connectivity index (χ2v) is 5.83. The average Bonchev–Trinajstić information content (AvgIpc) is 3.17. The molecule has 20 heavy (non-hydrogen) atoms. The number of halogens is 1. The van der Waals surface area contributed by atoms with E-state index in [0.29, 0.717) is 16.6 Å². The van der Waals surface area contributed by atoms with Crippen LogP contribution in [-0.4, -0.2) is 10.5 Å². The molecule has 0 spiro atoms. The molecule has 1 aliphatic rings. The molecule has 0 radical (unpaired) electrons. The molecule has 3 nitrogen and oxygen atoms in total. The van der Waals surface area contributed by atoms with Crippen molar-refractivity contribution in [1.29, 1.82) is 0 Å². The third-order valence-electron chi connectivity index (χ3n) is 3.99. The molecule has 1 aromatic carbocycles. The number of amides is 1. The molecule has 1 heterocycles. The van der Waals surface area contributed by atoms with Crippen LogP contribution in [0, 0.1) is 13.8 Å². The summed E-state index contributed by atoms with van der Waals surface area (Å²) in [6, 6.07) is 8.08. The molecule has 1 aromatic heterocycles. The van der Waals surface area contributed by atoms with Gasteiger partial charge < -0.3 is 10.3 Å². The summed E-state index contributed by atoms with van der Waals surface area (Å²) >= 11 is 5.94. The second-order valence-electron chi connectivity index (χ2n) is 5.39. The summed E-state index contributed by atoms with van der Waals surface area (Å²) in [5, 5.41) is 0.686. The van der Waals surface area contributed by atoms with Gasteiger partial charge in [0.2, 0.25) is 0 Å². The third-order valence-corrected chi connectivity index (χ3v) is 4.24. The van der Waals surface area contributed by atoms with Gasteiger partial charge in [-0.1, -0.05) is 23.7 Å². The van der Waals surface area contributed by atoms with Gasteiger partial charge in [-0.2, -0.15) is 0 Å². The summed E-state index contributed by atoms with van der Waals surface area (Å²) in [6.07, 6.45) is 2.35. The van der Waals surface area contributed by atoms with Crippen molar-refractivity contribution in [3.05, 3.63) is 46.2 Å². The Morgan fingerprint density at radius 1 is 1.20 bits per heavy atom. The third kappa shape index (κ3) is 2.02. The Morgan fingerprint density at radius 3 is 2.30 bits per heavy atom. The SMILES string of the molecule is Cc1c(C(N)=O)c(-c2ccc(Cl)cc2)c(C)n1C1CC1. The molecule has 2 aromatic rings. The number of nitrogens with zero attached hydrogens (tertiary/aromatic N) is 1. The van der Waals surface area contributed by atoms with Crippen LogP contribution in [0.1, 0.15) is 40.6 Å². The predicted octanol–water partition coefficient (Wildman–Crippen LogP) is 3.86. The summed E-state index contributed by atoms with van der Waals surface area (Å²) in [5.41, 5.74) is 10.3. The second kappa shape index (κ2) is 4.67. The van der Waals surface area contributed by atoms with Crippen LogP contribution in [0.4, 0.5) is 0 Å². The van der Waals surface area contributed by atoms with Crippen LogP contribution in [0.5, 0.6) is 0 Å². The van der Waals surface area contributed by atoms with E-state index in [-0.39, 0.29) is 5.91 Å². The van der Waals surface area contributed by atoms with Crippen molar-refractivity contribution in [2.24, 2.45) is 5.73 Å². The van der Waals surface area contributed by atoms with Gasteiger partial charge in [0.1, 0.15) is 0 Å². The lowest BCUT2D eigenvalue weighted by Gasteiger charge is -2.07. The zero-order valence-electron chi connectivity index (χ0n) is 11.6. The first kappa shape index (κ1) is 13.3. The summed E-state index contributed by atoms with van der Waals surface area (Å²) in [7, 11) is 0. The molecule has 0 saturated heterocycles. The number of primary amides is 1. The van der Waals surface area contributed by atoms with Crippen molar-refractivity contribution in [2.45, 2.75) is 32.7 Å². The van der Waals surface area contributed by atoms with Crippen LogP contribution >= 0.6 is 11.6 Å². The highest BCUT2D eigenvalue weighted by molar-refractivity contribution is 6.30. The molecule has 3 rings (SSSR count). The Balaban J connectivity index is 2.25. The van der Waals surface area contributed by atoms with Crippen LogP contribution in [0.3, 0.4) is 0 Å². The van der Waals surface area contributed by atoms with Gasteiger partial charge in [-0.15, -0.1) is 0 Å². The fourth-order valence-corrected chi connectivity index (χ4v) is 3.13. The largest absolute Gasteiger partial charge is 0.366 e. The smallest absolute Gasteiger partial charge is 0.251 e. The van der Waals surface area contributed by atoms with Crippen LogP contribution in [-0.2, 0) is 0 Å². The first-order chi connectivity index (χ1) is 9.50. The quantitative estimate of drug-likeness (QED) is 0.916. The molecule has 0 atom stereocenters. The van der Waals surface area contributed by atoms with Crippen molar-refractivity contribution in [2.75, 3.05) is 0 Å². The predicted molar refractivity (Wildman–Crippen MR) is 81.1 cm³/mol. The van der Waals surface area contributed by atoms with E-state index in [4.69, 9.17) is 17.3 Å². The highest BCUT2D eigenvalue weighted by Crippen LogP contribution is 2.42.